The number of hydrogen-bond acceptors (Lipinski definition) is 3. The minimum atomic E-state index is -4.67. The zero-order valence-electron chi connectivity index (χ0n) is 9.63. The standard InChI is InChI=1S/C10H17F3N2O2/c1-2-4-14-7-3-5-15(9(7)17)6-8(16)10(11,12)13/h7-8,14,16H,2-6H2,1H3. The third-order valence-corrected chi connectivity index (χ3v) is 2.71. The van der Waals surface area contributed by atoms with E-state index in [1.54, 1.807) is 0 Å². The largest absolute Gasteiger partial charge is 0.416 e. The van der Waals surface area contributed by atoms with E-state index in [1.165, 1.54) is 0 Å². The molecule has 0 aliphatic carbocycles. The van der Waals surface area contributed by atoms with Crippen molar-refractivity contribution in [2.75, 3.05) is 19.6 Å². The average molecular weight is 254 g/mol. The van der Waals surface area contributed by atoms with Crippen molar-refractivity contribution in [3.8, 4) is 0 Å². The normalized spacial score (nSPS) is 23.2. The van der Waals surface area contributed by atoms with E-state index in [-0.39, 0.29) is 12.5 Å². The van der Waals surface area contributed by atoms with Crippen molar-refractivity contribution in [2.45, 2.75) is 38.1 Å². The van der Waals surface area contributed by atoms with Gasteiger partial charge in [-0.1, -0.05) is 6.92 Å². The van der Waals surface area contributed by atoms with Crippen LogP contribution >= 0.6 is 0 Å². The molecule has 1 saturated heterocycles. The summed E-state index contributed by atoms with van der Waals surface area (Å²) in [7, 11) is 0. The number of halogens is 3. The van der Waals surface area contributed by atoms with Gasteiger partial charge in [0.15, 0.2) is 6.10 Å². The van der Waals surface area contributed by atoms with Crippen molar-refractivity contribution < 1.29 is 23.1 Å². The molecule has 1 amide bonds. The van der Waals surface area contributed by atoms with Crippen LogP contribution in [0.2, 0.25) is 0 Å². The van der Waals surface area contributed by atoms with Gasteiger partial charge < -0.3 is 15.3 Å². The Morgan fingerprint density at radius 3 is 2.76 bits per heavy atom. The third kappa shape index (κ3) is 3.85. The second kappa shape index (κ2) is 5.68. The van der Waals surface area contributed by atoms with Crippen molar-refractivity contribution in [2.24, 2.45) is 0 Å². The number of aliphatic hydroxyl groups is 1. The Balaban J connectivity index is 2.45. The van der Waals surface area contributed by atoms with Crippen LogP contribution in [0.3, 0.4) is 0 Å². The van der Waals surface area contributed by atoms with Crippen LogP contribution in [0.4, 0.5) is 13.2 Å². The van der Waals surface area contributed by atoms with Gasteiger partial charge in [0.05, 0.1) is 12.6 Å². The second-order valence-corrected chi connectivity index (χ2v) is 4.14. The molecule has 0 aromatic rings. The molecule has 0 bridgehead atoms. The molecule has 0 radical (unpaired) electrons. The third-order valence-electron chi connectivity index (χ3n) is 2.71. The number of alkyl halides is 3. The van der Waals surface area contributed by atoms with E-state index in [0.29, 0.717) is 13.0 Å². The number of carbonyl (C=O) groups is 1. The maximum absolute atomic E-state index is 12.1. The minimum Gasteiger partial charge on any atom is -0.382 e. The maximum atomic E-state index is 12.1. The van der Waals surface area contributed by atoms with E-state index < -0.39 is 24.9 Å². The molecule has 1 rings (SSSR count). The molecule has 0 spiro atoms. The lowest BCUT2D eigenvalue weighted by atomic mass is 10.2. The van der Waals surface area contributed by atoms with Crippen LogP contribution in [0.15, 0.2) is 0 Å². The highest BCUT2D eigenvalue weighted by atomic mass is 19.4. The molecule has 1 aliphatic heterocycles. The van der Waals surface area contributed by atoms with Crippen LogP contribution in [-0.4, -0.2) is 53.9 Å². The zero-order valence-corrected chi connectivity index (χ0v) is 9.63. The second-order valence-electron chi connectivity index (χ2n) is 4.14. The fraction of sp³-hybridized carbons (Fsp3) is 0.900. The molecule has 1 heterocycles. The first-order chi connectivity index (χ1) is 7.86. The number of likely N-dealkylation sites (tertiary alicyclic amines) is 1. The SMILES string of the molecule is CCCNC1CCN(CC(O)C(F)(F)F)C1=O. The van der Waals surface area contributed by atoms with Crippen LogP contribution < -0.4 is 5.32 Å². The molecular weight excluding hydrogens is 237 g/mol. The molecule has 0 saturated carbocycles. The molecule has 0 aromatic carbocycles. The lowest BCUT2D eigenvalue weighted by Gasteiger charge is -2.22. The minimum absolute atomic E-state index is 0.257. The number of aliphatic hydroxyl groups excluding tert-OH is 1. The van der Waals surface area contributed by atoms with E-state index in [1.807, 2.05) is 6.92 Å². The van der Waals surface area contributed by atoms with E-state index in [2.05, 4.69) is 5.32 Å². The summed E-state index contributed by atoms with van der Waals surface area (Å²) in [5.41, 5.74) is 0. The summed E-state index contributed by atoms with van der Waals surface area (Å²) in [4.78, 5) is 12.7. The lowest BCUT2D eigenvalue weighted by molar-refractivity contribution is -0.207. The quantitative estimate of drug-likeness (QED) is 0.751. The highest BCUT2D eigenvalue weighted by Crippen LogP contribution is 2.22. The van der Waals surface area contributed by atoms with Crippen molar-refractivity contribution >= 4 is 5.91 Å². The molecule has 7 heteroatoms. The summed E-state index contributed by atoms with van der Waals surface area (Å²) in [6.07, 6.45) is -5.79. The number of amides is 1. The van der Waals surface area contributed by atoms with Crippen LogP contribution in [0, 0.1) is 0 Å². The predicted molar refractivity (Wildman–Crippen MR) is 55.3 cm³/mol. The van der Waals surface area contributed by atoms with Gasteiger partial charge in [0.25, 0.3) is 0 Å². The molecular formula is C10H17F3N2O2. The number of carbonyl (C=O) groups excluding carboxylic acids is 1. The maximum Gasteiger partial charge on any atom is 0.416 e. The Bertz CT molecular complexity index is 271. The van der Waals surface area contributed by atoms with Crippen molar-refractivity contribution in [1.82, 2.24) is 10.2 Å². The van der Waals surface area contributed by atoms with Crippen LogP contribution in [0.25, 0.3) is 0 Å². The summed E-state index contributed by atoms with van der Waals surface area (Å²) in [5, 5.41) is 11.9. The van der Waals surface area contributed by atoms with Gasteiger partial charge in [-0.2, -0.15) is 13.2 Å². The van der Waals surface area contributed by atoms with Crippen LogP contribution in [0.5, 0.6) is 0 Å². The molecule has 0 aromatic heterocycles. The van der Waals surface area contributed by atoms with Gasteiger partial charge in [-0.3, -0.25) is 4.79 Å². The van der Waals surface area contributed by atoms with Crippen LogP contribution in [-0.2, 0) is 4.79 Å². The van der Waals surface area contributed by atoms with Crippen molar-refractivity contribution in [1.29, 1.82) is 0 Å². The average Bonchev–Trinajstić information content (AvgIpc) is 2.56. The molecule has 1 fully saturated rings. The van der Waals surface area contributed by atoms with E-state index >= 15 is 0 Å². The van der Waals surface area contributed by atoms with E-state index in [4.69, 9.17) is 5.11 Å². The molecule has 1 aliphatic rings. The first-order valence-corrected chi connectivity index (χ1v) is 5.63. The monoisotopic (exact) mass is 254 g/mol. The number of nitrogens with zero attached hydrogens (tertiary/aromatic N) is 1. The number of rotatable bonds is 5. The van der Waals surface area contributed by atoms with Crippen molar-refractivity contribution in [3.05, 3.63) is 0 Å². The van der Waals surface area contributed by atoms with Gasteiger partial charge in [-0.15, -0.1) is 0 Å². The van der Waals surface area contributed by atoms with Crippen molar-refractivity contribution in [3.63, 3.8) is 0 Å². The molecule has 2 N–H and O–H groups in total. The fourth-order valence-electron chi connectivity index (χ4n) is 1.74. The van der Waals surface area contributed by atoms with Gasteiger partial charge in [0, 0.05) is 6.54 Å². The summed E-state index contributed by atoms with van der Waals surface area (Å²) in [5.74, 6) is -0.359. The fourth-order valence-corrected chi connectivity index (χ4v) is 1.74. The molecule has 100 valence electrons. The molecule has 17 heavy (non-hydrogen) atoms. The molecule has 4 nitrogen and oxygen atoms in total. The first kappa shape index (κ1) is 14.2. The van der Waals surface area contributed by atoms with E-state index in [9.17, 15) is 18.0 Å². The Labute approximate surface area is 97.8 Å². The first-order valence-electron chi connectivity index (χ1n) is 5.63. The smallest absolute Gasteiger partial charge is 0.382 e. The van der Waals surface area contributed by atoms with Crippen LogP contribution in [0.1, 0.15) is 19.8 Å². The van der Waals surface area contributed by atoms with Gasteiger partial charge in [-0.25, -0.2) is 0 Å². The number of β-amino-alcohol motifs (C(OH)–C–C–N with tert-alkyl or cyclic N) is 1. The van der Waals surface area contributed by atoms with Gasteiger partial charge >= 0.3 is 6.18 Å². The highest BCUT2D eigenvalue weighted by molar-refractivity contribution is 5.84. The molecule has 2 unspecified atom stereocenters. The summed E-state index contributed by atoms with van der Waals surface area (Å²) >= 11 is 0. The topological polar surface area (TPSA) is 52.6 Å². The van der Waals surface area contributed by atoms with E-state index in [0.717, 1.165) is 11.3 Å². The Morgan fingerprint density at radius 1 is 1.59 bits per heavy atom. The summed E-state index contributed by atoms with van der Waals surface area (Å²) < 4.78 is 36.4. The Morgan fingerprint density at radius 2 is 2.24 bits per heavy atom. The lowest BCUT2D eigenvalue weighted by Crippen LogP contribution is -2.44. The molecule has 2 atom stereocenters. The summed E-state index contributed by atoms with van der Waals surface area (Å²) in [6.45, 7) is 2.18. The summed E-state index contributed by atoms with van der Waals surface area (Å²) in [6, 6.07) is -0.407. The number of hydrogen-bond donors (Lipinski definition) is 2. The highest BCUT2D eigenvalue weighted by Gasteiger charge is 2.42. The number of nitrogens with one attached hydrogen (secondary N) is 1. The van der Waals surface area contributed by atoms with Gasteiger partial charge in [0.2, 0.25) is 5.91 Å². The Hall–Kier alpha value is -0.820. The van der Waals surface area contributed by atoms with Gasteiger partial charge in [0.1, 0.15) is 0 Å². The predicted octanol–water partition coefficient (Wildman–Crippen LogP) is 0.510. The Kier molecular flexibility index (Phi) is 4.76. The van der Waals surface area contributed by atoms with Gasteiger partial charge in [-0.05, 0) is 19.4 Å². The zero-order chi connectivity index (χ0) is 13.1.